The van der Waals surface area contributed by atoms with Crippen molar-refractivity contribution in [3.05, 3.63) is 0 Å². The van der Waals surface area contributed by atoms with Gasteiger partial charge >= 0.3 is 0 Å². The third-order valence-electron chi connectivity index (χ3n) is 3.12. The molecule has 1 heterocycles. The maximum absolute atomic E-state index is 2.45. The van der Waals surface area contributed by atoms with E-state index in [1.54, 1.807) is 0 Å². The van der Waals surface area contributed by atoms with Gasteiger partial charge in [0, 0.05) is 17.0 Å². The molecule has 0 aliphatic carbocycles. The maximum atomic E-state index is 2.45. The second-order valence-electron chi connectivity index (χ2n) is 4.37. The fraction of sp³-hybridized carbons (Fsp3) is 1.00. The zero-order valence-electron chi connectivity index (χ0n) is 8.76. The van der Waals surface area contributed by atoms with E-state index < -0.39 is 0 Å². The SMILES string of the molecule is CC(C)C1(C)CCN(C)CCS1. The first-order chi connectivity index (χ1) is 5.54. The van der Waals surface area contributed by atoms with Crippen molar-refractivity contribution in [1.82, 2.24) is 4.90 Å². The molecule has 0 aromatic rings. The Morgan fingerprint density at radius 1 is 1.33 bits per heavy atom. The first-order valence-corrected chi connectivity index (χ1v) is 5.85. The van der Waals surface area contributed by atoms with E-state index in [9.17, 15) is 0 Å². The number of hydrogen-bond acceptors (Lipinski definition) is 2. The van der Waals surface area contributed by atoms with Crippen molar-refractivity contribution in [3.8, 4) is 0 Å². The van der Waals surface area contributed by atoms with Gasteiger partial charge in [-0.1, -0.05) is 20.8 Å². The lowest BCUT2D eigenvalue weighted by molar-refractivity contribution is 0.321. The number of thioether (sulfide) groups is 1. The summed E-state index contributed by atoms with van der Waals surface area (Å²) in [5, 5.41) is 0. The van der Waals surface area contributed by atoms with Crippen LogP contribution in [0.2, 0.25) is 0 Å². The van der Waals surface area contributed by atoms with Crippen LogP contribution in [0.1, 0.15) is 27.2 Å². The zero-order chi connectivity index (χ0) is 9.19. The van der Waals surface area contributed by atoms with Gasteiger partial charge < -0.3 is 4.90 Å². The molecule has 1 nitrogen and oxygen atoms in total. The van der Waals surface area contributed by atoms with Gasteiger partial charge in [-0.25, -0.2) is 0 Å². The normalized spacial score (nSPS) is 33.8. The first kappa shape index (κ1) is 10.4. The third kappa shape index (κ3) is 2.40. The van der Waals surface area contributed by atoms with Crippen molar-refractivity contribution < 1.29 is 0 Å². The van der Waals surface area contributed by atoms with Crippen molar-refractivity contribution in [1.29, 1.82) is 0 Å². The Labute approximate surface area is 80.9 Å². The van der Waals surface area contributed by atoms with Gasteiger partial charge in [-0.3, -0.25) is 0 Å². The molecule has 0 N–H and O–H groups in total. The molecule has 0 bridgehead atoms. The van der Waals surface area contributed by atoms with Crippen LogP contribution in [-0.4, -0.2) is 35.5 Å². The van der Waals surface area contributed by atoms with Crippen molar-refractivity contribution >= 4 is 11.8 Å². The molecule has 1 atom stereocenters. The van der Waals surface area contributed by atoms with Crippen molar-refractivity contribution in [2.45, 2.75) is 31.9 Å². The molecule has 1 unspecified atom stereocenters. The third-order valence-corrected chi connectivity index (χ3v) is 4.84. The molecule has 2 heteroatoms. The lowest BCUT2D eigenvalue weighted by Gasteiger charge is -2.31. The summed E-state index contributed by atoms with van der Waals surface area (Å²) in [5.41, 5.74) is 0. The van der Waals surface area contributed by atoms with Crippen LogP contribution in [0.15, 0.2) is 0 Å². The Bertz CT molecular complexity index is 147. The predicted octanol–water partition coefficient (Wildman–Crippen LogP) is 2.47. The van der Waals surface area contributed by atoms with Crippen molar-refractivity contribution in [2.75, 3.05) is 25.9 Å². The van der Waals surface area contributed by atoms with Crippen LogP contribution in [0, 0.1) is 5.92 Å². The molecule has 1 rings (SSSR count). The van der Waals surface area contributed by atoms with E-state index in [1.165, 1.54) is 25.3 Å². The molecular weight excluding hydrogens is 166 g/mol. The van der Waals surface area contributed by atoms with Gasteiger partial charge in [-0.15, -0.1) is 0 Å². The van der Waals surface area contributed by atoms with Crippen LogP contribution in [0.5, 0.6) is 0 Å². The van der Waals surface area contributed by atoms with Gasteiger partial charge in [0.2, 0.25) is 0 Å². The standard InChI is InChI=1S/C10H21NS/c1-9(2)10(3)5-6-11(4)7-8-12-10/h9H,5-8H2,1-4H3. The molecule has 1 aliphatic rings. The quantitative estimate of drug-likeness (QED) is 0.620. The molecule has 0 radical (unpaired) electrons. The molecule has 1 fully saturated rings. The van der Waals surface area contributed by atoms with E-state index in [1.807, 2.05) is 0 Å². The second kappa shape index (κ2) is 4.01. The summed E-state index contributed by atoms with van der Waals surface area (Å²) in [6, 6.07) is 0. The van der Waals surface area contributed by atoms with E-state index in [2.05, 4.69) is 44.5 Å². The molecule has 0 aromatic heterocycles. The zero-order valence-corrected chi connectivity index (χ0v) is 9.58. The van der Waals surface area contributed by atoms with Gasteiger partial charge in [-0.2, -0.15) is 11.8 Å². The van der Waals surface area contributed by atoms with E-state index in [4.69, 9.17) is 0 Å². The van der Waals surface area contributed by atoms with Crippen LogP contribution >= 0.6 is 11.8 Å². The van der Waals surface area contributed by atoms with Gasteiger partial charge in [0.1, 0.15) is 0 Å². The maximum Gasteiger partial charge on any atom is 0.0167 e. The Balaban J connectivity index is 2.55. The van der Waals surface area contributed by atoms with Crippen LogP contribution in [0.4, 0.5) is 0 Å². The van der Waals surface area contributed by atoms with Crippen LogP contribution in [-0.2, 0) is 0 Å². The smallest absolute Gasteiger partial charge is 0.0167 e. The average Bonchev–Trinajstić information content (AvgIpc) is 2.15. The first-order valence-electron chi connectivity index (χ1n) is 4.87. The number of nitrogens with zero attached hydrogens (tertiary/aromatic N) is 1. The van der Waals surface area contributed by atoms with E-state index in [-0.39, 0.29) is 0 Å². The molecule has 0 spiro atoms. The lowest BCUT2D eigenvalue weighted by Crippen LogP contribution is -2.29. The summed E-state index contributed by atoms with van der Waals surface area (Å²) in [4.78, 5) is 2.45. The molecule has 1 aliphatic heterocycles. The van der Waals surface area contributed by atoms with Gasteiger partial charge in [0.05, 0.1) is 0 Å². The molecule has 0 amide bonds. The largest absolute Gasteiger partial charge is 0.305 e. The topological polar surface area (TPSA) is 3.24 Å². The van der Waals surface area contributed by atoms with E-state index >= 15 is 0 Å². The highest BCUT2D eigenvalue weighted by Crippen LogP contribution is 2.37. The average molecular weight is 187 g/mol. The summed E-state index contributed by atoms with van der Waals surface area (Å²) >= 11 is 2.16. The summed E-state index contributed by atoms with van der Waals surface area (Å²) in [7, 11) is 2.23. The van der Waals surface area contributed by atoms with Crippen LogP contribution in [0.3, 0.4) is 0 Å². The lowest BCUT2D eigenvalue weighted by atomic mass is 9.93. The summed E-state index contributed by atoms with van der Waals surface area (Å²) in [5.74, 6) is 2.10. The summed E-state index contributed by atoms with van der Waals surface area (Å²) in [6.07, 6.45) is 1.34. The number of hydrogen-bond donors (Lipinski definition) is 0. The summed E-state index contributed by atoms with van der Waals surface area (Å²) in [6.45, 7) is 9.63. The van der Waals surface area contributed by atoms with Crippen molar-refractivity contribution in [3.63, 3.8) is 0 Å². The fourth-order valence-corrected chi connectivity index (χ4v) is 2.93. The summed E-state index contributed by atoms with van der Waals surface area (Å²) < 4.78 is 0.519. The Morgan fingerprint density at radius 2 is 2.00 bits per heavy atom. The molecular formula is C10H21NS. The molecule has 0 aromatic carbocycles. The highest BCUT2D eigenvalue weighted by molar-refractivity contribution is 8.00. The van der Waals surface area contributed by atoms with E-state index in [0.717, 1.165) is 5.92 Å². The Morgan fingerprint density at radius 3 is 2.58 bits per heavy atom. The van der Waals surface area contributed by atoms with Gasteiger partial charge in [-0.05, 0) is 25.9 Å². The molecule has 12 heavy (non-hydrogen) atoms. The minimum Gasteiger partial charge on any atom is -0.305 e. The second-order valence-corrected chi connectivity index (χ2v) is 6.00. The molecule has 72 valence electrons. The number of rotatable bonds is 1. The van der Waals surface area contributed by atoms with Crippen LogP contribution < -0.4 is 0 Å². The Hall–Kier alpha value is 0.310. The predicted molar refractivity (Wildman–Crippen MR) is 57.8 cm³/mol. The highest BCUT2D eigenvalue weighted by atomic mass is 32.2. The van der Waals surface area contributed by atoms with E-state index in [0.29, 0.717) is 4.75 Å². The Kier molecular flexibility index (Phi) is 3.47. The van der Waals surface area contributed by atoms with Crippen molar-refractivity contribution in [2.24, 2.45) is 5.92 Å². The van der Waals surface area contributed by atoms with Crippen LogP contribution in [0.25, 0.3) is 0 Å². The highest BCUT2D eigenvalue weighted by Gasteiger charge is 2.30. The minimum absolute atomic E-state index is 0.519. The monoisotopic (exact) mass is 187 g/mol. The van der Waals surface area contributed by atoms with Gasteiger partial charge in [0.25, 0.3) is 0 Å². The minimum atomic E-state index is 0.519. The molecule has 1 saturated heterocycles. The fourth-order valence-electron chi connectivity index (χ4n) is 1.49. The van der Waals surface area contributed by atoms with Gasteiger partial charge in [0.15, 0.2) is 0 Å². The molecule has 0 saturated carbocycles.